The molecular weight excluding hydrogens is 252 g/mol. The summed E-state index contributed by atoms with van der Waals surface area (Å²) in [6.07, 6.45) is 5.37. The van der Waals surface area contributed by atoms with Crippen molar-refractivity contribution in [1.29, 1.82) is 0 Å². The first kappa shape index (κ1) is 10.7. The zero-order valence-electron chi connectivity index (χ0n) is 8.71. The van der Waals surface area contributed by atoms with Gasteiger partial charge in [0.15, 0.2) is 0 Å². The number of allylic oxidation sites excluding steroid dienone is 1. The van der Waals surface area contributed by atoms with Gasteiger partial charge in [-0.3, -0.25) is 0 Å². The van der Waals surface area contributed by atoms with Crippen LogP contribution in [0, 0.1) is 0 Å². The van der Waals surface area contributed by atoms with Gasteiger partial charge in [-0.05, 0) is 42.9 Å². The number of benzene rings is 1. The topological polar surface area (TPSA) is 9.23 Å². The molecule has 0 saturated carbocycles. The molecular formula is C13H15BrO. The van der Waals surface area contributed by atoms with Crippen LogP contribution in [0.5, 0.6) is 5.75 Å². The van der Waals surface area contributed by atoms with Gasteiger partial charge in [0.1, 0.15) is 5.75 Å². The maximum absolute atomic E-state index is 5.74. The molecule has 0 aromatic heterocycles. The number of fused-ring (bicyclic) bond motifs is 1. The van der Waals surface area contributed by atoms with Crippen LogP contribution in [0.4, 0.5) is 0 Å². The zero-order chi connectivity index (χ0) is 10.7. The molecule has 0 spiro atoms. The Labute approximate surface area is 99.3 Å². The highest BCUT2D eigenvalue weighted by Gasteiger charge is 2.18. The fraction of sp³-hybridized carbons (Fsp3) is 0.385. The molecule has 1 aliphatic rings. The van der Waals surface area contributed by atoms with E-state index in [9.17, 15) is 0 Å². The fourth-order valence-electron chi connectivity index (χ4n) is 2.08. The van der Waals surface area contributed by atoms with E-state index in [1.165, 1.54) is 12.0 Å². The SMILES string of the molecule is C=CCC1CCCOc2cc(Br)ccc21. The van der Waals surface area contributed by atoms with E-state index in [-0.39, 0.29) is 0 Å². The van der Waals surface area contributed by atoms with Gasteiger partial charge < -0.3 is 4.74 Å². The number of halogens is 1. The van der Waals surface area contributed by atoms with Crippen LogP contribution in [-0.4, -0.2) is 6.61 Å². The minimum Gasteiger partial charge on any atom is -0.493 e. The van der Waals surface area contributed by atoms with Gasteiger partial charge in [-0.1, -0.05) is 28.1 Å². The van der Waals surface area contributed by atoms with E-state index in [0.717, 1.165) is 29.7 Å². The minimum absolute atomic E-state index is 0.577. The number of hydrogen-bond donors (Lipinski definition) is 0. The third kappa shape index (κ3) is 2.43. The van der Waals surface area contributed by atoms with Gasteiger partial charge in [0, 0.05) is 4.47 Å². The first-order valence-corrected chi connectivity index (χ1v) is 6.13. The summed E-state index contributed by atoms with van der Waals surface area (Å²) < 4.78 is 6.83. The molecule has 1 aliphatic heterocycles. The highest BCUT2D eigenvalue weighted by atomic mass is 79.9. The minimum atomic E-state index is 0.577. The highest BCUT2D eigenvalue weighted by Crippen LogP contribution is 2.36. The summed E-state index contributed by atoms with van der Waals surface area (Å²) in [6.45, 7) is 4.66. The van der Waals surface area contributed by atoms with Crippen LogP contribution in [0.25, 0.3) is 0 Å². The summed E-state index contributed by atoms with van der Waals surface area (Å²) in [5, 5.41) is 0. The Balaban J connectivity index is 2.35. The van der Waals surface area contributed by atoms with Crippen LogP contribution in [-0.2, 0) is 0 Å². The standard InChI is InChI=1S/C13H15BrO/c1-2-4-10-5-3-8-15-13-9-11(14)6-7-12(10)13/h2,6-7,9-10H,1,3-5,8H2. The van der Waals surface area contributed by atoms with E-state index in [1.54, 1.807) is 0 Å². The second-order valence-electron chi connectivity index (χ2n) is 3.89. The Morgan fingerprint density at radius 3 is 3.20 bits per heavy atom. The Morgan fingerprint density at radius 1 is 1.53 bits per heavy atom. The van der Waals surface area contributed by atoms with Crippen molar-refractivity contribution < 1.29 is 4.74 Å². The second-order valence-corrected chi connectivity index (χ2v) is 4.81. The summed E-state index contributed by atoms with van der Waals surface area (Å²) in [5.41, 5.74) is 1.33. The maximum atomic E-state index is 5.74. The fourth-order valence-corrected chi connectivity index (χ4v) is 2.42. The maximum Gasteiger partial charge on any atom is 0.123 e. The highest BCUT2D eigenvalue weighted by molar-refractivity contribution is 9.10. The van der Waals surface area contributed by atoms with Crippen LogP contribution in [0.3, 0.4) is 0 Å². The third-order valence-electron chi connectivity index (χ3n) is 2.82. The molecule has 0 amide bonds. The number of hydrogen-bond acceptors (Lipinski definition) is 1. The van der Waals surface area contributed by atoms with Crippen molar-refractivity contribution >= 4 is 15.9 Å². The third-order valence-corrected chi connectivity index (χ3v) is 3.31. The van der Waals surface area contributed by atoms with Gasteiger partial charge in [0.2, 0.25) is 0 Å². The smallest absolute Gasteiger partial charge is 0.123 e. The number of ether oxygens (including phenoxy) is 1. The molecule has 2 heteroatoms. The summed E-state index contributed by atoms with van der Waals surface area (Å²) in [7, 11) is 0. The van der Waals surface area contributed by atoms with E-state index >= 15 is 0 Å². The molecule has 1 aromatic rings. The van der Waals surface area contributed by atoms with Gasteiger partial charge in [0.25, 0.3) is 0 Å². The van der Waals surface area contributed by atoms with Crippen LogP contribution in [0.2, 0.25) is 0 Å². The van der Waals surface area contributed by atoms with E-state index < -0.39 is 0 Å². The van der Waals surface area contributed by atoms with Crippen molar-refractivity contribution in [3.05, 3.63) is 40.9 Å². The number of rotatable bonds is 2. The van der Waals surface area contributed by atoms with Crippen molar-refractivity contribution in [1.82, 2.24) is 0 Å². The zero-order valence-corrected chi connectivity index (χ0v) is 10.3. The van der Waals surface area contributed by atoms with Crippen LogP contribution in [0.1, 0.15) is 30.7 Å². The molecule has 1 unspecified atom stereocenters. The predicted octanol–water partition coefficient (Wildman–Crippen LogP) is 4.28. The molecule has 15 heavy (non-hydrogen) atoms. The molecule has 1 atom stereocenters. The monoisotopic (exact) mass is 266 g/mol. The van der Waals surface area contributed by atoms with Gasteiger partial charge in [-0.2, -0.15) is 0 Å². The Kier molecular flexibility index (Phi) is 3.47. The largest absolute Gasteiger partial charge is 0.493 e. The molecule has 0 bridgehead atoms. The van der Waals surface area contributed by atoms with Crippen molar-refractivity contribution in [2.45, 2.75) is 25.2 Å². The van der Waals surface area contributed by atoms with Crippen molar-refractivity contribution in [2.75, 3.05) is 6.61 Å². The van der Waals surface area contributed by atoms with Crippen LogP contribution < -0.4 is 4.74 Å². The molecule has 1 heterocycles. The molecule has 0 saturated heterocycles. The predicted molar refractivity (Wildman–Crippen MR) is 66.4 cm³/mol. The molecule has 0 fully saturated rings. The summed E-state index contributed by atoms with van der Waals surface area (Å²) in [5.74, 6) is 1.61. The first-order chi connectivity index (χ1) is 7.31. The molecule has 1 nitrogen and oxygen atoms in total. The lowest BCUT2D eigenvalue weighted by atomic mass is 9.91. The molecule has 80 valence electrons. The average Bonchev–Trinajstić information content (AvgIpc) is 2.41. The summed E-state index contributed by atoms with van der Waals surface area (Å²) >= 11 is 3.47. The average molecular weight is 267 g/mol. The van der Waals surface area contributed by atoms with E-state index in [0.29, 0.717) is 5.92 Å². The molecule has 0 radical (unpaired) electrons. The summed E-state index contributed by atoms with van der Waals surface area (Å²) in [4.78, 5) is 0. The van der Waals surface area contributed by atoms with Crippen molar-refractivity contribution in [3.8, 4) is 5.75 Å². The molecule has 0 aliphatic carbocycles. The van der Waals surface area contributed by atoms with Crippen LogP contribution >= 0.6 is 15.9 Å². The van der Waals surface area contributed by atoms with E-state index in [2.05, 4.69) is 40.7 Å². The Morgan fingerprint density at radius 2 is 2.40 bits per heavy atom. The lowest BCUT2D eigenvalue weighted by molar-refractivity contribution is 0.316. The molecule has 0 N–H and O–H groups in total. The normalized spacial score (nSPS) is 19.9. The van der Waals surface area contributed by atoms with Crippen molar-refractivity contribution in [3.63, 3.8) is 0 Å². The summed E-state index contributed by atoms with van der Waals surface area (Å²) in [6, 6.07) is 6.32. The Hall–Kier alpha value is -0.760. The van der Waals surface area contributed by atoms with E-state index in [4.69, 9.17) is 4.74 Å². The van der Waals surface area contributed by atoms with Gasteiger partial charge in [0.05, 0.1) is 6.61 Å². The van der Waals surface area contributed by atoms with Gasteiger partial charge >= 0.3 is 0 Å². The molecule has 1 aromatic carbocycles. The Bertz CT molecular complexity index is 360. The molecule has 2 rings (SSSR count). The van der Waals surface area contributed by atoms with Crippen LogP contribution in [0.15, 0.2) is 35.3 Å². The van der Waals surface area contributed by atoms with Gasteiger partial charge in [-0.25, -0.2) is 0 Å². The first-order valence-electron chi connectivity index (χ1n) is 5.34. The lowest BCUT2D eigenvalue weighted by Gasteiger charge is -2.14. The van der Waals surface area contributed by atoms with Gasteiger partial charge in [-0.15, -0.1) is 6.58 Å². The second kappa shape index (κ2) is 4.84. The van der Waals surface area contributed by atoms with Crippen molar-refractivity contribution in [2.24, 2.45) is 0 Å². The quantitative estimate of drug-likeness (QED) is 0.726. The lowest BCUT2D eigenvalue weighted by Crippen LogP contribution is -1.96. The van der Waals surface area contributed by atoms with E-state index in [1.807, 2.05) is 6.08 Å².